The van der Waals surface area contributed by atoms with E-state index < -0.39 is 9.84 Å². The predicted octanol–water partition coefficient (Wildman–Crippen LogP) is 0.536. The van der Waals surface area contributed by atoms with Crippen molar-refractivity contribution in [2.24, 2.45) is 5.92 Å². The topological polar surface area (TPSA) is 89.0 Å². The summed E-state index contributed by atoms with van der Waals surface area (Å²) in [4.78, 5) is 11.2. The Bertz CT molecular complexity index is 464. The van der Waals surface area contributed by atoms with Gasteiger partial charge in [0.25, 0.3) is 0 Å². The molecule has 0 radical (unpaired) electrons. The van der Waals surface area contributed by atoms with Crippen LogP contribution in [0, 0.1) is 5.92 Å². The van der Waals surface area contributed by atoms with Crippen molar-refractivity contribution < 1.29 is 13.2 Å². The van der Waals surface area contributed by atoms with Crippen LogP contribution in [0.3, 0.4) is 0 Å². The molecule has 0 atom stereocenters. The molecule has 0 spiro atoms. The summed E-state index contributed by atoms with van der Waals surface area (Å²) >= 11 is 0.843. The molecule has 0 fully saturated rings. The first-order valence-corrected chi connectivity index (χ1v) is 6.86. The smallest absolute Gasteiger partial charge is 0.234 e. The van der Waals surface area contributed by atoms with Crippen LogP contribution in [0.1, 0.15) is 13.8 Å². The van der Waals surface area contributed by atoms with Crippen LogP contribution >= 0.6 is 11.3 Å². The van der Waals surface area contributed by atoms with Crippen molar-refractivity contribution >= 4 is 32.2 Å². The largest absolute Gasteiger partial charge is 0.300 e. The summed E-state index contributed by atoms with van der Waals surface area (Å²) in [5.74, 6) is -0.401. The van der Waals surface area contributed by atoms with E-state index >= 15 is 0 Å². The highest BCUT2D eigenvalue weighted by atomic mass is 32.2. The fourth-order valence-electron chi connectivity index (χ4n) is 0.660. The van der Waals surface area contributed by atoms with Crippen LogP contribution in [-0.4, -0.2) is 30.8 Å². The van der Waals surface area contributed by atoms with Crippen molar-refractivity contribution in [1.82, 2.24) is 10.2 Å². The first kappa shape index (κ1) is 12.1. The molecule has 1 heterocycles. The molecule has 15 heavy (non-hydrogen) atoms. The number of carbonyl (C=O) groups is 1. The van der Waals surface area contributed by atoms with Crippen molar-refractivity contribution in [3.8, 4) is 0 Å². The van der Waals surface area contributed by atoms with Gasteiger partial charge in [0.2, 0.25) is 25.2 Å². The SMILES string of the molecule is CC(C)C(=O)Nc1nnc(S(C)(=O)=O)s1. The Kier molecular flexibility index (Phi) is 3.40. The number of nitrogens with zero attached hydrogens (tertiary/aromatic N) is 2. The van der Waals surface area contributed by atoms with Crippen LogP contribution in [0.5, 0.6) is 0 Å². The zero-order valence-corrected chi connectivity index (χ0v) is 10.1. The van der Waals surface area contributed by atoms with Gasteiger partial charge in [-0.15, -0.1) is 10.2 Å². The van der Waals surface area contributed by atoms with Crippen molar-refractivity contribution in [2.45, 2.75) is 18.2 Å². The second-order valence-electron chi connectivity index (χ2n) is 3.29. The van der Waals surface area contributed by atoms with Gasteiger partial charge in [-0.2, -0.15) is 0 Å². The Hall–Kier alpha value is -1.02. The number of rotatable bonds is 3. The Balaban J connectivity index is 2.83. The first-order chi connectivity index (χ1) is 6.80. The molecule has 0 unspecified atom stereocenters. The number of hydrogen-bond acceptors (Lipinski definition) is 6. The quantitative estimate of drug-likeness (QED) is 0.789. The van der Waals surface area contributed by atoms with Crippen LogP contribution in [0.25, 0.3) is 0 Å². The third kappa shape index (κ3) is 3.24. The summed E-state index contributed by atoms with van der Waals surface area (Å²) in [5, 5.41) is 9.71. The summed E-state index contributed by atoms with van der Waals surface area (Å²) in [6.07, 6.45) is 1.04. The molecule has 1 N–H and O–H groups in total. The molecule has 0 saturated carbocycles. The van der Waals surface area contributed by atoms with Gasteiger partial charge in [-0.3, -0.25) is 4.79 Å². The number of hydrogen-bond donors (Lipinski definition) is 1. The van der Waals surface area contributed by atoms with Crippen LogP contribution in [0.15, 0.2) is 4.34 Å². The standard InChI is InChI=1S/C7H11N3O3S2/c1-4(2)5(11)8-6-9-10-7(14-6)15(3,12)13/h4H,1-3H3,(H,8,9,11). The molecule has 1 rings (SSSR count). The van der Waals surface area contributed by atoms with E-state index in [0.29, 0.717) is 0 Å². The van der Waals surface area contributed by atoms with Crippen molar-refractivity contribution in [3.05, 3.63) is 0 Å². The maximum atomic E-state index is 11.2. The minimum Gasteiger partial charge on any atom is -0.300 e. The normalized spacial score (nSPS) is 11.7. The lowest BCUT2D eigenvalue weighted by atomic mass is 10.2. The van der Waals surface area contributed by atoms with Gasteiger partial charge < -0.3 is 5.32 Å². The van der Waals surface area contributed by atoms with E-state index in [1.807, 2.05) is 0 Å². The average molecular weight is 249 g/mol. The molecule has 1 amide bonds. The van der Waals surface area contributed by atoms with Gasteiger partial charge in [0, 0.05) is 12.2 Å². The van der Waals surface area contributed by atoms with Gasteiger partial charge in [0.05, 0.1) is 0 Å². The number of sulfone groups is 1. The van der Waals surface area contributed by atoms with Crippen molar-refractivity contribution in [3.63, 3.8) is 0 Å². The number of amides is 1. The van der Waals surface area contributed by atoms with E-state index in [1.54, 1.807) is 13.8 Å². The van der Waals surface area contributed by atoms with Gasteiger partial charge in [0.1, 0.15) is 0 Å². The summed E-state index contributed by atoms with van der Waals surface area (Å²) < 4.78 is 22.0. The fraction of sp³-hybridized carbons (Fsp3) is 0.571. The zero-order valence-electron chi connectivity index (χ0n) is 8.51. The monoisotopic (exact) mass is 249 g/mol. The lowest BCUT2D eigenvalue weighted by Gasteiger charge is -2.02. The van der Waals surface area contributed by atoms with E-state index in [1.165, 1.54) is 0 Å². The van der Waals surface area contributed by atoms with Crippen LogP contribution in [-0.2, 0) is 14.6 Å². The molecule has 0 aliphatic rings. The van der Waals surface area contributed by atoms with E-state index in [-0.39, 0.29) is 21.3 Å². The molecule has 84 valence electrons. The van der Waals surface area contributed by atoms with Crippen LogP contribution < -0.4 is 5.32 Å². The second kappa shape index (κ2) is 4.23. The fourth-order valence-corrected chi connectivity index (χ4v) is 2.17. The minimum absolute atomic E-state index is 0.0958. The molecule has 0 aliphatic heterocycles. The lowest BCUT2D eigenvalue weighted by Crippen LogP contribution is -2.17. The highest BCUT2D eigenvalue weighted by Gasteiger charge is 2.16. The predicted molar refractivity (Wildman–Crippen MR) is 56.5 cm³/mol. The number of anilines is 1. The molecule has 8 heteroatoms. The zero-order chi connectivity index (χ0) is 11.6. The maximum absolute atomic E-state index is 11.2. The molecule has 0 bridgehead atoms. The molecular formula is C7H11N3O3S2. The molecule has 1 aromatic rings. The summed E-state index contributed by atoms with van der Waals surface area (Å²) in [6.45, 7) is 3.46. The van der Waals surface area contributed by atoms with Crippen LogP contribution in [0.2, 0.25) is 0 Å². The van der Waals surface area contributed by atoms with Gasteiger partial charge in [-0.1, -0.05) is 25.2 Å². The Morgan fingerprint density at radius 2 is 2.00 bits per heavy atom. The maximum Gasteiger partial charge on any atom is 0.234 e. The summed E-state index contributed by atoms with van der Waals surface area (Å²) in [7, 11) is -3.34. The van der Waals surface area contributed by atoms with Gasteiger partial charge in [-0.05, 0) is 0 Å². The first-order valence-electron chi connectivity index (χ1n) is 4.15. The summed E-state index contributed by atoms with van der Waals surface area (Å²) in [6, 6.07) is 0. The second-order valence-corrected chi connectivity index (χ2v) is 6.46. The Morgan fingerprint density at radius 1 is 1.40 bits per heavy atom. The van der Waals surface area contributed by atoms with Crippen molar-refractivity contribution in [1.29, 1.82) is 0 Å². The summed E-state index contributed by atoms with van der Waals surface area (Å²) in [5.41, 5.74) is 0. The van der Waals surface area contributed by atoms with E-state index in [0.717, 1.165) is 17.6 Å². The average Bonchev–Trinajstić information content (AvgIpc) is 2.51. The number of aromatic nitrogens is 2. The third-order valence-corrected chi connectivity index (χ3v) is 3.99. The Morgan fingerprint density at radius 3 is 2.40 bits per heavy atom. The van der Waals surface area contributed by atoms with Crippen LogP contribution in [0.4, 0.5) is 5.13 Å². The van der Waals surface area contributed by atoms with Gasteiger partial charge >= 0.3 is 0 Å². The molecule has 0 aromatic carbocycles. The highest BCUT2D eigenvalue weighted by Crippen LogP contribution is 2.19. The van der Waals surface area contributed by atoms with Gasteiger partial charge in [0.15, 0.2) is 0 Å². The minimum atomic E-state index is -3.34. The molecule has 0 saturated heterocycles. The van der Waals surface area contributed by atoms with Gasteiger partial charge in [-0.25, -0.2) is 8.42 Å². The van der Waals surface area contributed by atoms with E-state index in [4.69, 9.17) is 0 Å². The lowest BCUT2D eigenvalue weighted by molar-refractivity contribution is -0.118. The van der Waals surface area contributed by atoms with Crippen molar-refractivity contribution in [2.75, 3.05) is 11.6 Å². The Labute approximate surface area is 91.6 Å². The van der Waals surface area contributed by atoms with E-state index in [9.17, 15) is 13.2 Å². The molecule has 6 nitrogen and oxygen atoms in total. The third-order valence-electron chi connectivity index (χ3n) is 1.48. The molecule has 1 aromatic heterocycles. The van der Waals surface area contributed by atoms with E-state index in [2.05, 4.69) is 15.5 Å². The number of carbonyl (C=O) groups excluding carboxylic acids is 1. The highest BCUT2D eigenvalue weighted by molar-refractivity contribution is 7.92. The molecular weight excluding hydrogens is 238 g/mol. The molecule has 0 aliphatic carbocycles. The number of nitrogens with one attached hydrogen (secondary N) is 1.